The van der Waals surface area contributed by atoms with E-state index in [9.17, 15) is 13.6 Å². The third-order valence-electron chi connectivity index (χ3n) is 2.08. The van der Waals surface area contributed by atoms with E-state index in [1.807, 2.05) is 0 Å². The molecule has 0 unspecified atom stereocenters. The lowest BCUT2D eigenvalue weighted by Crippen LogP contribution is -2.11. The summed E-state index contributed by atoms with van der Waals surface area (Å²) in [6, 6.07) is 3.27. The Morgan fingerprint density at radius 1 is 1.44 bits per heavy atom. The molecule has 1 N–H and O–H groups in total. The van der Waals surface area contributed by atoms with Gasteiger partial charge in [-0.2, -0.15) is 0 Å². The lowest BCUT2D eigenvalue weighted by molar-refractivity contribution is -0.113. The molecular weight excluding hydrogens is 326 g/mol. The number of hydrogen-bond donors (Lipinski definition) is 1. The van der Waals surface area contributed by atoms with Gasteiger partial charge >= 0.3 is 0 Å². The first-order chi connectivity index (χ1) is 8.60. The number of benzene rings is 1. The van der Waals surface area contributed by atoms with Gasteiger partial charge in [-0.3, -0.25) is 4.79 Å². The van der Waals surface area contributed by atoms with Gasteiger partial charge in [0, 0.05) is 17.0 Å². The molecule has 18 heavy (non-hydrogen) atoms. The van der Waals surface area contributed by atoms with Crippen LogP contribution in [0.2, 0.25) is 0 Å². The number of carbonyl (C=O) groups is 1. The van der Waals surface area contributed by atoms with Crippen molar-refractivity contribution in [3.8, 4) is 11.3 Å². The van der Waals surface area contributed by atoms with Crippen LogP contribution >= 0.6 is 27.3 Å². The van der Waals surface area contributed by atoms with E-state index in [0.717, 1.165) is 12.1 Å². The molecule has 1 aromatic heterocycles. The van der Waals surface area contributed by atoms with Crippen molar-refractivity contribution in [1.82, 2.24) is 4.98 Å². The third-order valence-corrected chi connectivity index (χ3v) is 3.35. The number of thiazole rings is 1. The third kappa shape index (κ3) is 2.91. The predicted molar refractivity (Wildman–Crippen MR) is 69.9 cm³/mol. The molecule has 2 rings (SSSR count). The van der Waals surface area contributed by atoms with Crippen LogP contribution < -0.4 is 5.32 Å². The second kappa shape index (κ2) is 5.53. The summed E-state index contributed by atoms with van der Waals surface area (Å²) in [7, 11) is 0. The van der Waals surface area contributed by atoms with Crippen LogP contribution in [0.3, 0.4) is 0 Å². The second-order valence-corrected chi connectivity index (χ2v) is 4.76. The van der Waals surface area contributed by atoms with E-state index in [0.29, 0.717) is 10.8 Å². The number of nitrogens with zero attached hydrogens (tertiary/aromatic N) is 1. The lowest BCUT2D eigenvalue weighted by atomic mass is 10.1. The number of amides is 1. The predicted octanol–water partition coefficient (Wildman–Crippen LogP) is 3.42. The molecule has 1 aromatic carbocycles. The van der Waals surface area contributed by atoms with Crippen molar-refractivity contribution >= 4 is 38.3 Å². The van der Waals surface area contributed by atoms with Crippen LogP contribution in [0.25, 0.3) is 11.3 Å². The summed E-state index contributed by atoms with van der Waals surface area (Å²) in [5, 5.41) is 4.67. The van der Waals surface area contributed by atoms with Crippen LogP contribution in [0.15, 0.2) is 23.6 Å². The molecule has 0 fully saturated rings. The first-order valence-electron chi connectivity index (χ1n) is 4.87. The first-order valence-corrected chi connectivity index (χ1v) is 6.87. The molecule has 0 saturated carbocycles. The topological polar surface area (TPSA) is 42.0 Å². The maximum atomic E-state index is 13.5. The molecule has 0 saturated heterocycles. The molecular formula is C11H7BrF2N2OS. The van der Waals surface area contributed by atoms with E-state index in [-0.39, 0.29) is 16.8 Å². The van der Waals surface area contributed by atoms with Gasteiger partial charge in [0.15, 0.2) is 5.13 Å². The molecule has 1 amide bonds. The van der Waals surface area contributed by atoms with Crippen LogP contribution in [0, 0.1) is 11.6 Å². The molecule has 0 spiro atoms. The van der Waals surface area contributed by atoms with Crippen LogP contribution in [0.1, 0.15) is 0 Å². The molecule has 7 heteroatoms. The fraction of sp³-hybridized carbons (Fsp3) is 0.0909. The van der Waals surface area contributed by atoms with Gasteiger partial charge in [-0.05, 0) is 12.1 Å². The molecule has 0 aliphatic rings. The Balaban J connectivity index is 2.26. The molecule has 1 heterocycles. The van der Waals surface area contributed by atoms with Crippen LogP contribution in [-0.4, -0.2) is 16.2 Å². The van der Waals surface area contributed by atoms with Crippen LogP contribution in [-0.2, 0) is 4.79 Å². The van der Waals surface area contributed by atoms with Crippen molar-refractivity contribution in [3.05, 3.63) is 35.2 Å². The van der Waals surface area contributed by atoms with Crippen molar-refractivity contribution in [2.75, 3.05) is 10.6 Å². The SMILES string of the molecule is O=C(CBr)Nc1nc(-c2ccc(F)cc2F)cs1. The molecule has 0 aliphatic carbocycles. The van der Waals surface area contributed by atoms with Gasteiger partial charge in [0.25, 0.3) is 0 Å². The monoisotopic (exact) mass is 332 g/mol. The fourth-order valence-electron chi connectivity index (χ4n) is 1.30. The van der Waals surface area contributed by atoms with Gasteiger partial charge in [0.1, 0.15) is 11.6 Å². The zero-order valence-corrected chi connectivity index (χ0v) is 11.3. The minimum atomic E-state index is -0.682. The number of alkyl halides is 1. The van der Waals surface area contributed by atoms with Crippen molar-refractivity contribution in [3.63, 3.8) is 0 Å². The van der Waals surface area contributed by atoms with E-state index in [1.54, 1.807) is 5.38 Å². The number of anilines is 1. The quantitative estimate of drug-likeness (QED) is 0.875. The number of nitrogens with one attached hydrogen (secondary N) is 1. The minimum absolute atomic E-state index is 0.160. The minimum Gasteiger partial charge on any atom is -0.301 e. The summed E-state index contributed by atoms with van der Waals surface area (Å²) in [5.41, 5.74) is 0.564. The molecule has 0 aliphatic heterocycles. The highest BCUT2D eigenvalue weighted by Gasteiger charge is 2.11. The number of carbonyl (C=O) groups excluding carboxylic acids is 1. The number of aromatic nitrogens is 1. The maximum absolute atomic E-state index is 13.5. The van der Waals surface area contributed by atoms with Gasteiger partial charge in [-0.1, -0.05) is 15.9 Å². The smallest absolute Gasteiger partial charge is 0.236 e. The van der Waals surface area contributed by atoms with Crippen LogP contribution in [0.4, 0.5) is 13.9 Å². The highest BCUT2D eigenvalue weighted by Crippen LogP contribution is 2.27. The average Bonchev–Trinajstić information content (AvgIpc) is 2.77. The van der Waals surface area contributed by atoms with E-state index in [1.165, 1.54) is 17.4 Å². The summed E-state index contributed by atoms with van der Waals surface area (Å²) in [6.45, 7) is 0. The molecule has 94 valence electrons. The maximum Gasteiger partial charge on any atom is 0.236 e. The van der Waals surface area contributed by atoms with E-state index in [2.05, 4.69) is 26.2 Å². The van der Waals surface area contributed by atoms with E-state index in [4.69, 9.17) is 0 Å². The molecule has 0 radical (unpaired) electrons. The normalized spacial score (nSPS) is 10.4. The van der Waals surface area contributed by atoms with E-state index < -0.39 is 11.6 Å². The Kier molecular flexibility index (Phi) is 4.03. The summed E-state index contributed by atoms with van der Waals surface area (Å²) >= 11 is 4.18. The van der Waals surface area contributed by atoms with Gasteiger partial charge in [0.2, 0.25) is 5.91 Å². The molecule has 2 aromatic rings. The Labute approximate surface area is 114 Å². The average molecular weight is 333 g/mol. The second-order valence-electron chi connectivity index (χ2n) is 3.34. The molecule has 0 bridgehead atoms. The molecule has 0 atom stereocenters. The van der Waals surface area contributed by atoms with E-state index >= 15 is 0 Å². The van der Waals surface area contributed by atoms with Crippen molar-refractivity contribution in [2.45, 2.75) is 0 Å². The summed E-state index contributed by atoms with van der Waals surface area (Å²) in [6.07, 6.45) is 0. The Hall–Kier alpha value is -1.34. The van der Waals surface area contributed by atoms with Crippen molar-refractivity contribution in [1.29, 1.82) is 0 Å². The van der Waals surface area contributed by atoms with Gasteiger partial charge in [0.05, 0.1) is 11.0 Å². The van der Waals surface area contributed by atoms with Crippen molar-refractivity contribution < 1.29 is 13.6 Å². The Morgan fingerprint density at radius 3 is 2.89 bits per heavy atom. The Morgan fingerprint density at radius 2 is 2.22 bits per heavy atom. The van der Waals surface area contributed by atoms with Gasteiger partial charge in [-0.15, -0.1) is 11.3 Å². The number of rotatable bonds is 3. The summed E-state index contributed by atoms with van der Waals surface area (Å²) < 4.78 is 26.3. The fourth-order valence-corrected chi connectivity index (χ4v) is 2.17. The summed E-state index contributed by atoms with van der Waals surface area (Å²) in [4.78, 5) is 15.2. The summed E-state index contributed by atoms with van der Waals surface area (Å²) in [5.74, 6) is -1.56. The standard InChI is InChI=1S/C11H7BrF2N2OS/c12-4-10(17)16-11-15-9(5-18-11)7-2-1-6(13)3-8(7)14/h1-3,5H,4H2,(H,15,16,17). The highest BCUT2D eigenvalue weighted by molar-refractivity contribution is 9.09. The van der Waals surface area contributed by atoms with Gasteiger partial charge < -0.3 is 5.32 Å². The highest BCUT2D eigenvalue weighted by atomic mass is 79.9. The van der Waals surface area contributed by atoms with Crippen molar-refractivity contribution in [2.24, 2.45) is 0 Å². The first kappa shape index (κ1) is 13.1. The van der Waals surface area contributed by atoms with Gasteiger partial charge in [-0.25, -0.2) is 13.8 Å². The zero-order valence-electron chi connectivity index (χ0n) is 8.91. The van der Waals surface area contributed by atoms with Crippen LogP contribution in [0.5, 0.6) is 0 Å². The Bertz CT molecular complexity index is 588. The number of hydrogen-bond acceptors (Lipinski definition) is 3. The largest absolute Gasteiger partial charge is 0.301 e. The lowest BCUT2D eigenvalue weighted by Gasteiger charge is -1.99. The molecule has 3 nitrogen and oxygen atoms in total. The number of halogens is 3. The zero-order chi connectivity index (χ0) is 13.1.